The maximum absolute atomic E-state index is 13.1. The van der Waals surface area contributed by atoms with E-state index in [4.69, 9.17) is 11.5 Å². The summed E-state index contributed by atoms with van der Waals surface area (Å²) in [4.78, 5) is 14.8. The molecule has 0 saturated heterocycles. The van der Waals surface area contributed by atoms with Crippen molar-refractivity contribution in [2.24, 2.45) is 11.5 Å². The highest BCUT2D eigenvalue weighted by atomic mass is 19.1. The van der Waals surface area contributed by atoms with Crippen LogP contribution in [0.15, 0.2) is 42.5 Å². The van der Waals surface area contributed by atoms with Crippen LogP contribution in [-0.4, -0.2) is 24.0 Å². The zero-order valence-corrected chi connectivity index (χ0v) is 12.4. The lowest BCUT2D eigenvalue weighted by molar-refractivity contribution is 0.100. The molecule has 0 aliphatic heterocycles. The van der Waals surface area contributed by atoms with Gasteiger partial charge in [-0.15, -0.1) is 0 Å². The smallest absolute Gasteiger partial charge is 0.250 e. The van der Waals surface area contributed by atoms with Crippen LogP contribution in [0, 0.1) is 5.82 Å². The summed E-state index contributed by atoms with van der Waals surface area (Å²) in [7, 11) is 0. The number of benzene rings is 2. The minimum absolute atomic E-state index is 0.298. The van der Waals surface area contributed by atoms with E-state index in [-0.39, 0.29) is 5.82 Å². The van der Waals surface area contributed by atoms with Gasteiger partial charge < -0.3 is 21.8 Å². The van der Waals surface area contributed by atoms with Crippen molar-refractivity contribution in [1.29, 1.82) is 0 Å². The van der Waals surface area contributed by atoms with Crippen molar-refractivity contribution in [3.8, 4) is 11.3 Å². The van der Waals surface area contributed by atoms with Gasteiger partial charge in [-0.3, -0.25) is 4.79 Å². The Balaban J connectivity index is 2.16. The first-order valence-corrected chi connectivity index (χ1v) is 7.25. The number of hydrogen-bond acceptors (Lipinski definition) is 3. The molecule has 1 amide bonds. The third kappa shape index (κ3) is 2.89. The average Bonchev–Trinajstić information content (AvgIpc) is 2.98. The Morgan fingerprint density at radius 2 is 1.91 bits per heavy atom. The minimum Gasteiger partial charge on any atom is -0.383 e. The fraction of sp³-hybridized carbons (Fsp3) is 0.118. The Kier molecular flexibility index (Phi) is 3.99. The van der Waals surface area contributed by atoms with Crippen LogP contribution in [0.25, 0.3) is 22.2 Å². The van der Waals surface area contributed by atoms with E-state index in [1.54, 1.807) is 24.3 Å². The SMILES string of the molecule is NCCNc1ccc(C(N)=O)c2[nH]c(-c3ccc(F)cc3)cc12. The molecule has 0 radical (unpaired) electrons. The number of amides is 1. The number of carbonyl (C=O) groups excluding carboxylic acids is 1. The zero-order chi connectivity index (χ0) is 16.4. The first kappa shape index (κ1) is 15.1. The normalized spacial score (nSPS) is 10.9. The van der Waals surface area contributed by atoms with Crippen molar-refractivity contribution >= 4 is 22.5 Å². The van der Waals surface area contributed by atoms with Crippen LogP contribution in [0.2, 0.25) is 0 Å². The molecule has 0 aliphatic carbocycles. The summed E-state index contributed by atoms with van der Waals surface area (Å²) >= 11 is 0. The number of H-pyrrole nitrogens is 1. The maximum Gasteiger partial charge on any atom is 0.250 e. The maximum atomic E-state index is 13.1. The van der Waals surface area contributed by atoms with Crippen molar-refractivity contribution in [2.45, 2.75) is 0 Å². The largest absolute Gasteiger partial charge is 0.383 e. The van der Waals surface area contributed by atoms with Gasteiger partial charge >= 0.3 is 0 Å². The predicted molar refractivity (Wildman–Crippen MR) is 89.8 cm³/mol. The molecule has 0 unspecified atom stereocenters. The van der Waals surface area contributed by atoms with E-state index in [9.17, 15) is 9.18 Å². The third-order valence-electron chi connectivity index (χ3n) is 3.67. The van der Waals surface area contributed by atoms with Crippen LogP contribution in [0.1, 0.15) is 10.4 Å². The fourth-order valence-corrected chi connectivity index (χ4v) is 2.57. The standard InChI is InChI=1S/C17H17FN4O/c18-11-3-1-10(2-4-11)15-9-13-14(21-8-7-19)6-5-12(17(20)23)16(13)22-15/h1-6,9,21-22H,7-8,19H2,(H2,20,23). The number of rotatable bonds is 5. The van der Waals surface area contributed by atoms with Crippen molar-refractivity contribution in [2.75, 3.05) is 18.4 Å². The highest BCUT2D eigenvalue weighted by molar-refractivity contribution is 6.09. The molecule has 3 rings (SSSR count). The molecule has 5 nitrogen and oxygen atoms in total. The van der Waals surface area contributed by atoms with E-state index in [0.29, 0.717) is 24.2 Å². The van der Waals surface area contributed by atoms with Crippen LogP contribution in [-0.2, 0) is 0 Å². The molecule has 2 aromatic carbocycles. The molecule has 23 heavy (non-hydrogen) atoms. The number of anilines is 1. The summed E-state index contributed by atoms with van der Waals surface area (Å²) in [5.41, 5.74) is 14.5. The van der Waals surface area contributed by atoms with Crippen LogP contribution >= 0.6 is 0 Å². The van der Waals surface area contributed by atoms with Crippen molar-refractivity contribution in [3.05, 3.63) is 53.8 Å². The molecule has 1 aromatic heterocycles. The van der Waals surface area contributed by atoms with Gasteiger partial charge in [0.15, 0.2) is 0 Å². The Morgan fingerprint density at radius 3 is 2.57 bits per heavy atom. The second-order valence-corrected chi connectivity index (χ2v) is 5.22. The number of fused-ring (bicyclic) bond motifs is 1. The highest BCUT2D eigenvalue weighted by Crippen LogP contribution is 2.31. The van der Waals surface area contributed by atoms with Crippen molar-refractivity contribution in [1.82, 2.24) is 4.98 Å². The molecular formula is C17H17FN4O. The molecule has 0 aliphatic rings. The van der Waals surface area contributed by atoms with Crippen LogP contribution in [0.4, 0.5) is 10.1 Å². The molecule has 6 N–H and O–H groups in total. The molecule has 0 atom stereocenters. The van der Waals surface area contributed by atoms with Gasteiger partial charge in [0, 0.05) is 29.9 Å². The van der Waals surface area contributed by atoms with Gasteiger partial charge in [0.1, 0.15) is 5.82 Å². The Morgan fingerprint density at radius 1 is 1.17 bits per heavy atom. The van der Waals surface area contributed by atoms with Gasteiger partial charge in [0.2, 0.25) is 0 Å². The summed E-state index contributed by atoms with van der Waals surface area (Å²) in [5.74, 6) is -0.805. The number of nitrogens with two attached hydrogens (primary N) is 2. The molecule has 0 saturated carbocycles. The molecule has 1 heterocycles. The number of primary amides is 1. The topological polar surface area (TPSA) is 96.9 Å². The number of halogens is 1. The quantitative estimate of drug-likeness (QED) is 0.582. The van der Waals surface area contributed by atoms with Gasteiger partial charge in [0.25, 0.3) is 5.91 Å². The first-order chi connectivity index (χ1) is 11.1. The van der Waals surface area contributed by atoms with Gasteiger partial charge in [-0.2, -0.15) is 0 Å². The average molecular weight is 312 g/mol. The lowest BCUT2D eigenvalue weighted by Crippen LogP contribution is -2.14. The predicted octanol–water partition coefficient (Wildman–Crippen LogP) is 2.44. The number of hydrogen-bond donors (Lipinski definition) is 4. The van der Waals surface area contributed by atoms with E-state index in [1.165, 1.54) is 12.1 Å². The van der Waals surface area contributed by atoms with Gasteiger partial charge in [0.05, 0.1) is 11.1 Å². The van der Waals surface area contributed by atoms with E-state index in [0.717, 1.165) is 22.3 Å². The number of aromatic amines is 1. The zero-order valence-electron chi connectivity index (χ0n) is 12.4. The summed E-state index contributed by atoms with van der Waals surface area (Å²) in [6.45, 7) is 1.11. The van der Waals surface area contributed by atoms with E-state index >= 15 is 0 Å². The van der Waals surface area contributed by atoms with E-state index in [1.807, 2.05) is 6.07 Å². The molecule has 3 aromatic rings. The third-order valence-corrected chi connectivity index (χ3v) is 3.67. The number of nitrogens with one attached hydrogen (secondary N) is 2. The van der Waals surface area contributed by atoms with Crippen LogP contribution in [0.3, 0.4) is 0 Å². The van der Waals surface area contributed by atoms with Crippen LogP contribution < -0.4 is 16.8 Å². The Labute approximate surface area is 132 Å². The van der Waals surface area contributed by atoms with Gasteiger partial charge in [-0.05, 0) is 48.0 Å². The monoisotopic (exact) mass is 312 g/mol. The fourth-order valence-electron chi connectivity index (χ4n) is 2.57. The lowest BCUT2D eigenvalue weighted by Gasteiger charge is -2.07. The number of aromatic nitrogens is 1. The molecule has 118 valence electrons. The second-order valence-electron chi connectivity index (χ2n) is 5.22. The summed E-state index contributed by atoms with van der Waals surface area (Å²) < 4.78 is 13.1. The van der Waals surface area contributed by atoms with E-state index < -0.39 is 5.91 Å². The molecule has 0 spiro atoms. The van der Waals surface area contributed by atoms with E-state index in [2.05, 4.69) is 10.3 Å². The summed E-state index contributed by atoms with van der Waals surface area (Å²) in [6.07, 6.45) is 0. The Hall–Kier alpha value is -2.86. The summed E-state index contributed by atoms with van der Waals surface area (Å²) in [5, 5.41) is 4.06. The molecule has 6 heteroatoms. The highest BCUT2D eigenvalue weighted by Gasteiger charge is 2.14. The molecule has 0 fully saturated rings. The van der Waals surface area contributed by atoms with Gasteiger partial charge in [-0.25, -0.2) is 4.39 Å². The minimum atomic E-state index is -0.507. The van der Waals surface area contributed by atoms with Gasteiger partial charge in [-0.1, -0.05) is 0 Å². The first-order valence-electron chi connectivity index (χ1n) is 7.25. The molecular weight excluding hydrogens is 295 g/mol. The second kappa shape index (κ2) is 6.10. The van der Waals surface area contributed by atoms with Crippen LogP contribution in [0.5, 0.6) is 0 Å². The number of carbonyl (C=O) groups is 1. The van der Waals surface area contributed by atoms with Crippen molar-refractivity contribution < 1.29 is 9.18 Å². The lowest BCUT2D eigenvalue weighted by atomic mass is 10.1. The summed E-state index contributed by atoms with van der Waals surface area (Å²) in [6, 6.07) is 11.5. The molecule has 0 bridgehead atoms. The van der Waals surface area contributed by atoms with Crippen molar-refractivity contribution in [3.63, 3.8) is 0 Å². The Bertz CT molecular complexity index is 855.